The number of sulfone groups is 1. The van der Waals surface area contributed by atoms with Gasteiger partial charge < -0.3 is 10.2 Å². The van der Waals surface area contributed by atoms with Crippen molar-refractivity contribution in [1.82, 2.24) is 15.1 Å². The van der Waals surface area contributed by atoms with E-state index in [0.29, 0.717) is 6.54 Å². The van der Waals surface area contributed by atoms with E-state index < -0.39 is 9.84 Å². The van der Waals surface area contributed by atoms with Crippen LogP contribution in [-0.4, -0.2) is 75.9 Å². The molecule has 134 valence electrons. The third-order valence-corrected chi connectivity index (χ3v) is 5.30. The fourth-order valence-electron chi connectivity index (χ4n) is 2.84. The first kappa shape index (κ1) is 18.9. The molecular weight excluding hydrogens is 326 g/mol. The van der Waals surface area contributed by atoms with E-state index in [0.717, 1.165) is 32.4 Å². The summed E-state index contributed by atoms with van der Waals surface area (Å²) in [6.45, 7) is 4.41. The molecule has 1 aromatic rings. The third kappa shape index (κ3) is 6.22. The molecule has 0 saturated carbocycles. The van der Waals surface area contributed by atoms with Crippen LogP contribution in [0, 0.1) is 0 Å². The molecule has 1 amide bonds. The van der Waals surface area contributed by atoms with Crippen molar-refractivity contribution in [2.75, 3.05) is 51.8 Å². The maximum absolute atomic E-state index is 12.0. The van der Waals surface area contributed by atoms with Crippen LogP contribution in [0.1, 0.15) is 18.0 Å². The highest BCUT2D eigenvalue weighted by Gasteiger charge is 2.24. The van der Waals surface area contributed by atoms with Gasteiger partial charge in [0.15, 0.2) is 0 Å². The van der Waals surface area contributed by atoms with Crippen molar-refractivity contribution in [2.24, 2.45) is 0 Å². The van der Waals surface area contributed by atoms with Crippen molar-refractivity contribution in [3.05, 3.63) is 35.9 Å². The Kier molecular flexibility index (Phi) is 6.77. The Labute approximate surface area is 144 Å². The molecule has 0 aromatic heterocycles. The number of benzene rings is 1. The van der Waals surface area contributed by atoms with E-state index >= 15 is 0 Å². The van der Waals surface area contributed by atoms with Crippen LogP contribution in [0.25, 0.3) is 0 Å². The molecule has 1 atom stereocenters. The van der Waals surface area contributed by atoms with Crippen LogP contribution in [0.15, 0.2) is 30.3 Å². The third-order valence-electron chi connectivity index (χ3n) is 4.36. The van der Waals surface area contributed by atoms with E-state index in [4.69, 9.17) is 0 Å². The molecule has 1 aliphatic rings. The number of amides is 1. The Bertz CT molecular complexity index is 626. The second kappa shape index (κ2) is 8.60. The number of nitrogens with one attached hydrogen (secondary N) is 1. The number of piperazine rings is 1. The standard InChI is InChI=1S/C17H27N3O3S/c1-19-9-11-20(12-10-19)16(15-6-4-3-5-7-15)14-18-17(21)8-13-24(2,22)23/h3-7,16H,8-14H2,1-2H3,(H,18,21). The van der Waals surface area contributed by atoms with Crippen molar-refractivity contribution in [3.63, 3.8) is 0 Å². The van der Waals surface area contributed by atoms with Gasteiger partial charge in [-0.25, -0.2) is 8.42 Å². The molecule has 0 aliphatic carbocycles. The second-order valence-electron chi connectivity index (χ2n) is 6.45. The minimum Gasteiger partial charge on any atom is -0.354 e. The molecule has 0 spiro atoms. The van der Waals surface area contributed by atoms with E-state index in [1.165, 1.54) is 5.56 Å². The highest BCUT2D eigenvalue weighted by atomic mass is 32.2. The molecule has 1 fully saturated rings. The van der Waals surface area contributed by atoms with Gasteiger partial charge in [0.25, 0.3) is 0 Å². The van der Waals surface area contributed by atoms with Crippen molar-refractivity contribution in [2.45, 2.75) is 12.5 Å². The van der Waals surface area contributed by atoms with E-state index in [9.17, 15) is 13.2 Å². The van der Waals surface area contributed by atoms with E-state index in [1.54, 1.807) is 0 Å². The van der Waals surface area contributed by atoms with Gasteiger partial charge in [-0.3, -0.25) is 9.69 Å². The van der Waals surface area contributed by atoms with E-state index in [-0.39, 0.29) is 24.1 Å². The molecule has 6 nitrogen and oxygen atoms in total. The minimum atomic E-state index is -3.11. The summed E-state index contributed by atoms with van der Waals surface area (Å²) in [5.41, 5.74) is 1.17. The van der Waals surface area contributed by atoms with Crippen LogP contribution in [0.2, 0.25) is 0 Å². The highest BCUT2D eigenvalue weighted by molar-refractivity contribution is 7.90. The fraction of sp³-hybridized carbons (Fsp3) is 0.588. The number of nitrogens with zero attached hydrogens (tertiary/aromatic N) is 2. The fourth-order valence-corrected chi connectivity index (χ4v) is 3.40. The van der Waals surface area contributed by atoms with Crippen molar-refractivity contribution >= 4 is 15.7 Å². The highest BCUT2D eigenvalue weighted by Crippen LogP contribution is 2.21. The molecule has 1 aromatic carbocycles. The number of carbonyl (C=O) groups is 1. The average Bonchev–Trinajstić information content (AvgIpc) is 2.55. The number of hydrogen-bond acceptors (Lipinski definition) is 5. The summed E-state index contributed by atoms with van der Waals surface area (Å²) < 4.78 is 22.4. The van der Waals surface area contributed by atoms with Gasteiger partial charge >= 0.3 is 0 Å². The number of hydrogen-bond donors (Lipinski definition) is 1. The quantitative estimate of drug-likeness (QED) is 0.774. The van der Waals surface area contributed by atoms with Crippen LogP contribution in [0.3, 0.4) is 0 Å². The number of likely N-dealkylation sites (N-methyl/N-ethyl adjacent to an activating group) is 1. The van der Waals surface area contributed by atoms with Gasteiger partial charge in [0.2, 0.25) is 5.91 Å². The monoisotopic (exact) mass is 353 g/mol. The van der Waals surface area contributed by atoms with Crippen LogP contribution in [-0.2, 0) is 14.6 Å². The number of rotatable bonds is 7. The maximum Gasteiger partial charge on any atom is 0.221 e. The molecular formula is C17H27N3O3S. The lowest BCUT2D eigenvalue weighted by Gasteiger charge is -2.38. The summed E-state index contributed by atoms with van der Waals surface area (Å²) in [7, 11) is -1.00. The summed E-state index contributed by atoms with van der Waals surface area (Å²) in [6.07, 6.45) is 1.17. The zero-order valence-corrected chi connectivity index (χ0v) is 15.3. The van der Waals surface area contributed by atoms with Crippen LogP contribution >= 0.6 is 0 Å². The first-order chi connectivity index (χ1) is 11.3. The van der Waals surface area contributed by atoms with Crippen molar-refractivity contribution in [3.8, 4) is 0 Å². The largest absolute Gasteiger partial charge is 0.354 e. The first-order valence-corrected chi connectivity index (χ1v) is 10.3. The summed E-state index contributed by atoms with van der Waals surface area (Å²) in [4.78, 5) is 16.6. The van der Waals surface area contributed by atoms with Crippen LogP contribution < -0.4 is 5.32 Å². The molecule has 1 N–H and O–H groups in total. The average molecular weight is 353 g/mol. The van der Waals surface area contributed by atoms with Gasteiger partial charge in [-0.2, -0.15) is 0 Å². The number of carbonyl (C=O) groups excluding carboxylic acids is 1. The second-order valence-corrected chi connectivity index (χ2v) is 8.71. The summed E-state index contributed by atoms with van der Waals surface area (Å²) in [6, 6.07) is 10.3. The Balaban J connectivity index is 1.97. The van der Waals surface area contributed by atoms with Crippen LogP contribution in [0.4, 0.5) is 0 Å². The molecule has 1 heterocycles. The normalized spacial score (nSPS) is 18.2. The lowest BCUT2D eigenvalue weighted by molar-refractivity contribution is -0.121. The molecule has 2 rings (SSSR count). The molecule has 1 unspecified atom stereocenters. The van der Waals surface area contributed by atoms with E-state index in [1.807, 2.05) is 18.2 Å². The molecule has 0 radical (unpaired) electrons. The minimum absolute atomic E-state index is 0.0169. The van der Waals surface area contributed by atoms with Gasteiger partial charge in [0.05, 0.1) is 11.8 Å². The molecule has 0 bridgehead atoms. The van der Waals surface area contributed by atoms with Crippen molar-refractivity contribution < 1.29 is 13.2 Å². The van der Waals surface area contributed by atoms with E-state index in [2.05, 4.69) is 34.3 Å². The Morgan fingerprint density at radius 1 is 1.17 bits per heavy atom. The van der Waals surface area contributed by atoms with Crippen LogP contribution in [0.5, 0.6) is 0 Å². The Morgan fingerprint density at radius 2 is 1.79 bits per heavy atom. The van der Waals surface area contributed by atoms with Gasteiger partial charge in [-0.15, -0.1) is 0 Å². The molecule has 7 heteroatoms. The topological polar surface area (TPSA) is 69.7 Å². The van der Waals surface area contributed by atoms with Gasteiger partial charge in [-0.05, 0) is 12.6 Å². The Morgan fingerprint density at radius 3 is 2.38 bits per heavy atom. The molecule has 1 aliphatic heterocycles. The predicted octanol–water partition coefficient (Wildman–Crippen LogP) is 0.526. The van der Waals surface area contributed by atoms with Gasteiger partial charge in [0, 0.05) is 45.4 Å². The predicted molar refractivity (Wildman–Crippen MR) is 95.6 cm³/mol. The first-order valence-electron chi connectivity index (χ1n) is 8.27. The lowest BCUT2D eigenvalue weighted by Crippen LogP contribution is -2.48. The molecule has 24 heavy (non-hydrogen) atoms. The van der Waals surface area contributed by atoms with Crippen molar-refractivity contribution in [1.29, 1.82) is 0 Å². The van der Waals surface area contributed by atoms with Gasteiger partial charge in [0.1, 0.15) is 9.84 Å². The summed E-state index contributed by atoms with van der Waals surface area (Å²) >= 11 is 0. The molecule has 1 saturated heterocycles. The zero-order valence-electron chi connectivity index (χ0n) is 14.4. The summed E-state index contributed by atoms with van der Waals surface area (Å²) in [5, 5.41) is 2.90. The summed E-state index contributed by atoms with van der Waals surface area (Å²) in [5.74, 6) is -0.320. The Hall–Kier alpha value is -1.44. The smallest absolute Gasteiger partial charge is 0.221 e. The SMILES string of the molecule is CN1CCN(C(CNC(=O)CCS(C)(=O)=O)c2ccccc2)CC1. The van der Waals surface area contributed by atoms with Gasteiger partial charge in [-0.1, -0.05) is 30.3 Å². The lowest BCUT2D eigenvalue weighted by atomic mass is 10.0. The zero-order chi connectivity index (χ0) is 17.6. The maximum atomic E-state index is 12.0.